The summed E-state index contributed by atoms with van der Waals surface area (Å²) in [6, 6.07) is 13.3. The highest BCUT2D eigenvalue weighted by molar-refractivity contribution is 8.18. The zero-order valence-electron chi connectivity index (χ0n) is 16.6. The summed E-state index contributed by atoms with van der Waals surface area (Å²) < 4.78 is 10.5. The molecule has 0 aliphatic carbocycles. The first-order valence-corrected chi connectivity index (χ1v) is 10.1. The van der Waals surface area contributed by atoms with Crippen LogP contribution < -0.4 is 4.74 Å². The molecule has 1 heterocycles. The van der Waals surface area contributed by atoms with Crippen molar-refractivity contribution in [2.45, 2.75) is 13.5 Å². The highest BCUT2D eigenvalue weighted by Crippen LogP contribution is 2.32. The monoisotopic (exact) mass is 441 g/mol. The Morgan fingerprint density at radius 2 is 1.87 bits per heavy atom. The number of aromatic carboxylic acids is 1. The van der Waals surface area contributed by atoms with Crippen LogP contribution in [0.15, 0.2) is 53.4 Å². The Labute approximate surface area is 182 Å². The lowest BCUT2D eigenvalue weighted by atomic mass is 10.1. The van der Waals surface area contributed by atoms with E-state index in [-0.39, 0.29) is 23.7 Å². The van der Waals surface area contributed by atoms with Crippen molar-refractivity contribution in [3.05, 3.63) is 70.1 Å². The second-order valence-corrected chi connectivity index (χ2v) is 7.43. The molecule has 160 valence electrons. The molecule has 0 spiro atoms. The summed E-state index contributed by atoms with van der Waals surface area (Å²) in [6.07, 6.45) is 1.57. The molecule has 0 aromatic heterocycles. The van der Waals surface area contributed by atoms with Gasteiger partial charge in [0.05, 0.1) is 17.1 Å². The van der Waals surface area contributed by atoms with Gasteiger partial charge in [0.1, 0.15) is 18.9 Å². The van der Waals surface area contributed by atoms with E-state index >= 15 is 0 Å². The van der Waals surface area contributed by atoms with Crippen molar-refractivity contribution < 1.29 is 33.8 Å². The minimum Gasteiger partial charge on any atom is -0.489 e. The number of amides is 2. The summed E-state index contributed by atoms with van der Waals surface area (Å²) in [5.41, 5.74) is 1.59. The summed E-state index contributed by atoms with van der Waals surface area (Å²) in [4.78, 5) is 48.1. The predicted molar refractivity (Wildman–Crippen MR) is 113 cm³/mol. The van der Waals surface area contributed by atoms with Gasteiger partial charge in [-0.05, 0) is 60.2 Å². The van der Waals surface area contributed by atoms with E-state index < -0.39 is 29.6 Å². The molecule has 0 atom stereocenters. The molecular formula is C22H19NO7S. The maximum absolute atomic E-state index is 12.4. The topological polar surface area (TPSA) is 110 Å². The number of nitrogens with zero attached hydrogens (tertiary/aromatic N) is 1. The fourth-order valence-electron chi connectivity index (χ4n) is 2.74. The number of carboxylic acids is 1. The third-order valence-electron chi connectivity index (χ3n) is 4.22. The van der Waals surface area contributed by atoms with Gasteiger partial charge in [-0.3, -0.25) is 19.3 Å². The third kappa shape index (κ3) is 5.73. The smallest absolute Gasteiger partial charge is 0.335 e. The molecule has 0 unspecified atom stereocenters. The summed E-state index contributed by atoms with van der Waals surface area (Å²) in [5.74, 6) is -1.62. The molecule has 1 aliphatic rings. The van der Waals surface area contributed by atoms with Crippen LogP contribution in [0.1, 0.15) is 28.4 Å². The van der Waals surface area contributed by atoms with Crippen molar-refractivity contribution in [2.24, 2.45) is 0 Å². The molecule has 1 N–H and O–H groups in total. The molecule has 1 fully saturated rings. The largest absolute Gasteiger partial charge is 0.489 e. The van der Waals surface area contributed by atoms with Crippen LogP contribution in [-0.4, -0.2) is 46.2 Å². The highest BCUT2D eigenvalue weighted by Gasteiger charge is 2.36. The number of carboxylic acid groups (broad SMARTS) is 1. The average molecular weight is 441 g/mol. The lowest BCUT2D eigenvalue weighted by molar-refractivity contribution is -0.145. The number of ether oxygens (including phenoxy) is 2. The Bertz CT molecular complexity index is 1050. The van der Waals surface area contributed by atoms with Crippen LogP contribution in [0.5, 0.6) is 5.75 Å². The molecule has 0 saturated carbocycles. The van der Waals surface area contributed by atoms with Gasteiger partial charge in [0.15, 0.2) is 0 Å². The number of benzene rings is 2. The van der Waals surface area contributed by atoms with Gasteiger partial charge in [0, 0.05) is 0 Å². The van der Waals surface area contributed by atoms with Gasteiger partial charge < -0.3 is 14.6 Å². The maximum Gasteiger partial charge on any atom is 0.335 e. The highest BCUT2D eigenvalue weighted by atomic mass is 32.2. The second kappa shape index (κ2) is 9.94. The van der Waals surface area contributed by atoms with E-state index in [0.29, 0.717) is 11.3 Å². The van der Waals surface area contributed by atoms with Gasteiger partial charge in [0.25, 0.3) is 11.1 Å². The second-order valence-electron chi connectivity index (χ2n) is 6.44. The summed E-state index contributed by atoms with van der Waals surface area (Å²) in [7, 11) is 0. The quantitative estimate of drug-likeness (QED) is 0.489. The minimum absolute atomic E-state index is 0.171. The first-order chi connectivity index (χ1) is 14.9. The van der Waals surface area contributed by atoms with Crippen molar-refractivity contribution in [3.63, 3.8) is 0 Å². The lowest BCUT2D eigenvalue weighted by Crippen LogP contribution is -2.34. The summed E-state index contributed by atoms with van der Waals surface area (Å²) >= 11 is 0.764. The van der Waals surface area contributed by atoms with E-state index in [1.807, 2.05) is 0 Å². The van der Waals surface area contributed by atoms with Crippen LogP contribution in [0.25, 0.3) is 6.08 Å². The van der Waals surface area contributed by atoms with Crippen molar-refractivity contribution in [3.8, 4) is 5.75 Å². The number of thioether (sulfide) groups is 1. The standard InChI is InChI=1S/C22H19NO7S/c1-2-29-19(24)12-23-20(25)18(31-22(23)28)11-14-6-8-17(9-7-14)30-13-15-4-3-5-16(10-15)21(26)27/h3-11H,2,12-13H2,1H3,(H,26,27)/b18-11-. The van der Waals surface area contributed by atoms with Crippen LogP contribution >= 0.6 is 11.8 Å². The van der Waals surface area contributed by atoms with Gasteiger partial charge >= 0.3 is 11.9 Å². The molecule has 3 rings (SSSR count). The summed E-state index contributed by atoms with van der Waals surface area (Å²) in [6.45, 7) is 1.61. The van der Waals surface area contributed by atoms with Crippen molar-refractivity contribution >= 4 is 40.9 Å². The van der Waals surface area contributed by atoms with Gasteiger partial charge in [-0.15, -0.1) is 0 Å². The first kappa shape index (κ1) is 22.1. The number of carbonyl (C=O) groups excluding carboxylic acids is 3. The van der Waals surface area contributed by atoms with E-state index in [0.717, 1.165) is 22.2 Å². The lowest BCUT2D eigenvalue weighted by Gasteiger charge is -2.10. The zero-order valence-corrected chi connectivity index (χ0v) is 17.4. The van der Waals surface area contributed by atoms with Crippen molar-refractivity contribution in [2.75, 3.05) is 13.2 Å². The number of carbonyl (C=O) groups is 4. The van der Waals surface area contributed by atoms with Crippen LogP contribution in [-0.2, 0) is 20.9 Å². The molecule has 31 heavy (non-hydrogen) atoms. The molecule has 0 radical (unpaired) electrons. The molecule has 1 saturated heterocycles. The molecule has 0 bridgehead atoms. The van der Waals surface area contributed by atoms with Gasteiger partial charge in [-0.1, -0.05) is 24.3 Å². The molecule has 1 aliphatic heterocycles. The van der Waals surface area contributed by atoms with E-state index in [1.165, 1.54) is 6.07 Å². The Kier molecular flexibility index (Phi) is 7.09. The third-order valence-corrected chi connectivity index (χ3v) is 5.13. The first-order valence-electron chi connectivity index (χ1n) is 9.33. The van der Waals surface area contributed by atoms with Crippen molar-refractivity contribution in [1.29, 1.82) is 0 Å². The number of hydrogen-bond acceptors (Lipinski definition) is 7. The molecule has 2 aromatic carbocycles. The Morgan fingerprint density at radius 3 is 2.55 bits per heavy atom. The van der Waals surface area contributed by atoms with Gasteiger partial charge in [-0.2, -0.15) is 0 Å². The molecular weight excluding hydrogens is 422 g/mol. The van der Waals surface area contributed by atoms with Crippen LogP contribution in [0.3, 0.4) is 0 Å². The van der Waals surface area contributed by atoms with Gasteiger partial charge in [-0.25, -0.2) is 4.79 Å². The minimum atomic E-state index is -1.00. The Morgan fingerprint density at radius 1 is 1.13 bits per heavy atom. The van der Waals surface area contributed by atoms with E-state index in [1.54, 1.807) is 55.5 Å². The maximum atomic E-state index is 12.4. The fourth-order valence-corrected chi connectivity index (χ4v) is 3.58. The molecule has 8 nitrogen and oxygen atoms in total. The summed E-state index contributed by atoms with van der Waals surface area (Å²) in [5, 5.41) is 8.52. The van der Waals surface area contributed by atoms with Crippen LogP contribution in [0.4, 0.5) is 4.79 Å². The Hall–Kier alpha value is -3.59. The van der Waals surface area contributed by atoms with E-state index in [2.05, 4.69) is 0 Å². The number of imide groups is 1. The number of rotatable bonds is 8. The zero-order chi connectivity index (χ0) is 22.4. The average Bonchev–Trinajstić information content (AvgIpc) is 3.01. The molecule has 2 aromatic rings. The van der Waals surface area contributed by atoms with Gasteiger partial charge in [0.2, 0.25) is 0 Å². The van der Waals surface area contributed by atoms with E-state index in [9.17, 15) is 19.2 Å². The van der Waals surface area contributed by atoms with Crippen molar-refractivity contribution in [1.82, 2.24) is 4.90 Å². The van der Waals surface area contributed by atoms with Crippen LogP contribution in [0, 0.1) is 0 Å². The SMILES string of the molecule is CCOC(=O)CN1C(=O)S/C(=C\c2ccc(OCc3cccc(C(=O)O)c3)cc2)C1=O. The normalized spacial score (nSPS) is 14.7. The number of esters is 1. The van der Waals surface area contributed by atoms with E-state index in [4.69, 9.17) is 14.6 Å². The predicted octanol–water partition coefficient (Wildman–Crippen LogP) is 3.56. The fraction of sp³-hybridized carbons (Fsp3) is 0.182. The van der Waals surface area contributed by atoms with Crippen LogP contribution in [0.2, 0.25) is 0 Å². The molecule has 9 heteroatoms. The molecule has 2 amide bonds. The number of hydrogen-bond donors (Lipinski definition) is 1. The Balaban J connectivity index is 1.62.